The number of benzene rings is 2. The minimum atomic E-state index is -1.71. The van der Waals surface area contributed by atoms with Gasteiger partial charge in [-0.2, -0.15) is 0 Å². The first-order chi connectivity index (χ1) is 22.2. The molecule has 2 aromatic carbocycles. The van der Waals surface area contributed by atoms with E-state index in [9.17, 15) is 29.4 Å². The number of anilines is 2. The van der Waals surface area contributed by atoms with E-state index in [4.69, 9.17) is 4.98 Å². The van der Waals surface area contributed by atoms with Crippen molar-refractivity contribution in [2.75, 3.05) is 24.7 Å². The van der Waals surface area contributed by atoms with Crippen LogP contribution in [0.5, 0.6) is 0 Å². The Morgan fingerprint density at radius 2 is 1.35 bits per heavy atom. The van der Waals surface area contributed by atoms with E-state index < -0.39 is 28.9 Å². The molecule has 0 fully saturated rings. The maximum absolute atomic E-state index is 12.6. The summed E-state index contributed by atoms with van der Waals surface area (Å²) < 4.78 is 0. The zero-order chi connectivity index (χ0) is 36.0. The van der Waals surface area contributed by atoms with E-state index >= 15 is 0 Å². The third-order valence-electron chi connectivity index (χ3n) is 7.81. The van der Waals surface area contributed by atoms with Gasteiger partial charge >= 0.3 is 12.2 Å². The van der Waals surface area contributed by atoms with Crippen molar-refractivity contribution in [1.82, 2.24) is 20.1 Å². The van der Waals surface area contributed by atoms with Crippen molar-refractivity contribution in [2.24, 2.45) is 5.41 Å². The smallest absolute Gasteiger partial charge is 0.411 e. The standard InChI is InChI=1S/C35H48N6O6S/c1-22(42)36-30-37-27(28(48-30)21-15-23-10-16-25(17-11-23)29(43)40(8)9)20-14-24-12-18-26(19-13-24)38-35(33(2,3)4,39-31(44)45)41(32(46)47)34(5,6)7/h10-13,16-19,38-39H,14-15,20-21H2,1-9H3,(H,44,45)(H,46,47)(H,36,37,42). The number of rotatable bonds is 12. The molecule has 0 aliphatic heterocycles. The van der Waals surface area contributed by atoms with Crippen molar-refractivity contribution in [3.05, 3.63) is 75.8 Å². The second kappa shape index (κ2) is 15.1. The highest BCUT2D eigenvalue weighted by atomic mass is 32.1. The Kier molecular flexibility index (Phi) is 11.9. The highest BCUT2D eigenvalue weighted by Crippen LogP contribution is 2.39. The minimum absolute atomic E-state index is 0.0485. The van der Waals surface area contributed by atoms with Gasteiger partial charge in [-0.3, -0.25) is 19.8 Å². The Hall–Kier alpha value is -4.65. The fraction of sp³-hybridized carbons (Fsp3) is 0.457. The van der Waals surface area contributed by atoms with E-state index in [0.29, 0.717) is 29.2 Å². The van der Waals surface area contributed by atoms with E-state index in [-0.39, 0.29) is 11.8 Å². The molecule has 0 spiro atoms. The van der Waals surface area contributed by atoms with Gasteiger partial charge in [0.2, 0.25) is 11.7 Å². The van der Waals surface area contributed by atoms with Gasteiger partial charge in [0.15, 0.2) is 5.13 Å². The fourth-order valence-corrected chi connectivity index (χ4v) is 6.53. The predicted octanol–water partition coefficient (Wildman–Crippen LogP) is 6.53. The lowest BCUT2D eigenvalue weighted by Gasteiger charge is -2.55. The number of carbonyl (C=O) groups is 4. The van der Waals surface area contributed by atoms with E-state index in [1.54, 1.807) is 72.7 Å². The van der Waals surface area contributed by atoms with Crippen LogP contribution < -0.4 is 16.0 Å². The molecule has 3 rings (SSSR count). The zero-order valence-corrected chi connectivity index (χ0v) is 30.0. The summed E-state index contributed by atoms with van der Waals surface area (Å²) in [6.07, 6.45) is 0.0999. The first kappa shape index (κ1) is 37.8. The Morgan fingerprint density at radius 1 is 0.812 bits per heavy atom. The number of carbonyl (C=O) groups excluding carboxylic acids is 2. The summed E-state index contributed by atoms with van der Waals surface area (Å²) in [4.78, 5) is 57.0. The molecule has 5 N–H and O–H groups in total. The third kappa shape index (κ3) is 9.46. The predicted molar refractivity (Wildman–Crippen MR) is 189 cm³/mol. The number of carboxylic acid groups (broad SMARTS) is 2. The maximum atomic E-state index is 12.6. The number of amides is 4. The van der Waals surface area contributed by atoms with Gasteiger partial charge in [-0.25, -0.2) is 14.6 Å². The molecule has 0 saturated heterocycles. The van der Waals surface area contributed by atoms with Gasteiger partial charge < -0.3 is 25.7 Å². The average Bonchev–Trinajstić information content (AvgIpc) is 3.34. The van der Waals surface area contributed by atoms with Crippen LogP contribution in [0.4, 0.5) is 20.4 Å². The van der Waals surface area contributed by atoms with Crippen molar-refractivity contribution in [2.45, 2.75) is 85.5 Å². The monoisotopic (exact) mass is 680 g/mol. The first-order valence-electron chi connectivity index (χ1n) is 15.7. The molecule has 1 atom stereocenters. The lowest BCUT2D eigenvalue weighted by Crippen LogP contribution is -2.76. The molecule has 0 saturated carbocycles. The molecule has 4 amide bonds. The van der Waals surface area contributed by atoms with Gasteiger partial charge in [-0.1, -0.05) is 45.0 Å². The molecule has 1 heterocycles. The number of thiazole rings is 1. The van der Waals surface area contributed by atoms with Crippen molar-refractivity contribution < 1.29 is 29.4 Å². The van der Waals surface area contributed by atoms with E-state index in [0.717, 1.165) is 39.4 Å². The van der Waals surface area contributed by atoms with E-state index in [1.807, 2.05) is 36.4 Å². The third-order valence-corrected chi connectivity index (χ3v) is 8.88. The maximum Gasteiger partial charge on any atom is 0.411 e. The van der Waals surface area contributed by atoms with Crippen LogP contribution in [-0.2, 0) is 30.5 Å². The van der Waals surface area contributed by atoms with Gasteiger partial charge in [-0.05, 0) is 81.8 Å². The molecule has 0 bridgehead atoms. The van der Waals surface area contributed by atoms with Gasteiger partial charge in [0.25, 0.3) is 5.91 Å². The molecule has 1 aromatic heterocycles. The quantitative estimate of drug-likeness (QED) is 0.135. The molecule has 0 aliphatic rings. The van der Waals surface area contributed by atoms with Gasteiger partial charge in [0.05, 0.1) is 5.69 Å². The summed E-state index contributed by atoms with van der Waals surface area (Å²) in [5.41, 5.74) is 2.29. The lowest BCUT2D eigenvalue weighted by atomic mass is 9.82. The number of nitrogens with one attached hydrogen (secondary N) is 3. The molecule has 0 aliphatic carbocycles. The molecule has 1 unspecified atom stereocenters. The molecule has 3 aromatic rings. The minimum Gasteiger partial charge on any atom is -0.465 e. The zero-order valence-electron chi connectivity index (χ0n) is 29.2. The molecule has 260 valence electrons. The summed E-state index contributed by atoms with van der Waals surface area (Å²) in [5.74, 6) is -1.95. The second-order valence-electron chi connectivity index (χ2n) is 14.0. The summed E-state index contributed by atoms with van der Waals surface area (Å²) in [6, 6.07) is 15.0. The Labute approximate surface area is 286 Å². The molecular weight excluding hydrogens is 632 g/mol. The van der Waals surface area contributed by atoms with Crippen LogP contribution in [0.3, 0.4) is 0 Å². The SMILES string of the molecule is CC(=O)Nc1nc(CCc2ccc(NC(NC(=O)O)(N(C(=O)O)C(C)(C)C)C(C)(C)C)cc2)c(CCc2ccc(C(=O)N(C)C)cc2)s1. The highest BCUT2D eigenvalue weighted by Gasteiger charge is 2.54. The van der Waals surface area contributed by atoms with Crippen LogP contribution >= 0.6 is 11.3 Å². The van der Waals surface area contributed by atoms with Crippen LogP contribution in [0.2, 0.25) is 0 Å². The van der Waals surface area contributed by atoms with Gasteiger partial charge in [0.1, 0.15) is 0 Å². The summed E-state index contributed by atoms with van der Waals surface area (Å²) in [6.45, 7) is 11.9. The van der Waals surface area contributed by atoms with Crippen LogP contribution in [0.1, 0.15) is 80.5 Å². The molecule has 48 heavy (non-hydrogen) atoms. The molecule has 13 heteroatoms. The molecule has 12 nitrogen and oxygen atoms in total. The summed E-state index contributed by atoms with van der Waals surface area (Å²) in [5, 5.41) is 29.1. The Morgan fingerprint density at radius 3 is 1.81 bits per heavy atom. The highest BCUT2D eigenvalue weighted by molar-refractivity contribution is 7.15. The van der Waals surface area contributed by atoms with Crippen molar-refractivity contribution >= 4 is 46.2 Å². The first-order valence-corrected chi connectivity index (χ1v) is 16.5. The Balaban J connectivity index is 1.81. The lowest BCUT2D eigenvalue weighted by molar-refractivity contribution is -0.114. The number of hydrogen-bond acceptors (Lipinski definition) is 7. The largest absolute Gasteiger partial charge is 0.465 e. The van der Waals surface area contributed by atoms with Crippen molar-refractivity contribution in [1.29, 1.82) is 0 Å². The molecule has 0 radical (unpaired) electrons. The summed E-state index contributed by atoms with van der Waals surface area (Å²) in [7, 11) is 3.44. The van der Waals surface area contributed by atoms with E-state index in [2.05, 4.69) is 16.0 Å². The van der Waals surface area contributed by atoms with Crippen LogP contribution in [0.15, 0.2) is 48.5 Å². The van der Waals surface area contributed by atoms with Crippen molar-refractivity contribution in [3.63, 3.8) is 0 Å². The van der Waals surface area contributed by atoms with Crippen molar-refractivity contribution in [3.8, 4) is 0 Å². The fourth-order valence-electron chi connectivity index (χ4n) is 5.48. The van der Waals surface area contributed by atoms with E-state index in [1.165, 1.54) is 18.3 Å². The van der Waals surface area contributed by atoms with Crippen LogP contribution in [0.25, 0.3) is 0 Å². The topological polar surface area (TPSA) is 164 Å². The normalized spacial score (nSPS) is 12.9. The average molecular weight is 681 g/mol. The van der Waals surface area contributed by atoms with Gasteiger partial charge in [-0.15, -0.1) is 11.3 Å². The Bertz CT molecular complexity index is 1610. The number of nitrogens with zero attached hydrogens (tertiary/aromatic N) is 3. The second-order valence-corrected chi connectivity index (χ2v) is 15.1. The number of aromatic nitrogens is 1. The number of hydrogen-bond donors (Lipinski definition) is 5. The summed E-state index contributed by atoms with van der Waals surface area (Å²) >= 11 is 1.46. The molecular formula is C35H48N6O6S. The number of aryl methyl sites for hydroxylation is 4. The van der Waals surface area contributed by atoms with Crippen LogP contribution in [0, 0.1) is 5.41 Å². The van der Waals surface area contributed by atoms with Gasteiger partial charge in [0, 0.05) is 48.1 Å². The van der Waals surface area contributed by atoms with Crippen LogP contribution in [-0.4, -0.2) is 74.4 Å².